The molecule has 40 heavy (non-hydrogen) atoms. The largest absolute Gasteiger partial charge is 0.350 e. The van der Waals surface area contributed by atoms with Gasteiger partial charge in [0.15, 0.2) is 5.79 Å². The minimum Gasteiger partial charge on any atom is -0.350 e. The van der Waals surface area contributed by atoms with Crippen LogP contribution in [0.5, 0.6) is 0 Å². The molecule has 0 atom stereocenters. The Morgan fingerprint density at radius 2 is 0.850 bits per heavy atom. The topological polar surface area (TPSA) is 59.6 Å². The van der Waals surface area contributed by atoms with E-state index < -0.39 is 5.79 Å². The molecule has 0 heterocycles. The van der Waals surface area contributed by atoms with Crippen LogP contribution in [-0.4, -0.2) is 45.0 Å². The van der Waals surface area contributed by atoms with Crippen LogP contribution in [-0.2, 0) is 14.3 Å². The van der Waals surface area contributed by atoms with Crippen molar-refractivity contribution in [1.29, 1.82) is 0 Å². The normalized spacial score (nSPS) is 11.5. The third-order valence-corrected chi connectivity index (χ3v) is 7.75. The highest BCUT2D eigenvalue weighted by Crippen LogP contribution is 2.17. The predicted octanol–water partition coefficient (Wildman–Crippen LogP) is 9.90. The molecular formula is C34H71ClN2O3. The Bertz CT molecular complexity index is 478. The summed E-state index contributed by atoms with van der Waals surface area (Å²) in [4.78, 5) is 12.0. The second-order valence-corrected chi connectivity index (χ2v) is 11.9. The van der Waals surface area contributed by atoms with Gasteiger partial charge in [-0.25, -0.2) is 0 Å². The molecule has 0 aromatic carbocycles. The fraction of sp³-hybridized carbons (Fsp3) is 0.971. The Hall–Kier alpha value is -0.360. The molecule has 5 nitrogen and oxygen atoms in total. The van der Waals surface area contributed by atoms with Crippen LogP contribution in [0.4, 0.5) is 0 Å². The Kier molecular flexibility index (Phi) is 34.6. The molecule has 0 bridgehead atoms. The average Bonchev–Trinajstić information content (AvgIpc) is 2.93. The van der Waals surface area contributed by atoms with Crippen molar-refractivity contribution in [2.45, 2.75) is 181 Å². The maximum Gasteiger partial charge on any atom is 0.234 e. The van der Waals surface area contributed by atoms with Crippen molar-refractivity contribution in [3.63, 3.8) is 0 Å². The number of amides is 1. The number of halogens is 1. The van der Waals surface area contributed by atoms with Crippen LogP contribution < -0.4 is 10.6 Å². The molecule has 0 rings (SSSR count). The summed E-state index contributed by atoms with van der Waals surface area (Å²) in [6.07, 6.45) is 32.0. The van der Waals surface area contributed by atoms with E-state index in [0.717, 1.165) is 12.8 Å². The van der Waals surface area contributed by atoms with E-state index in [2.05, 4.69) is 24.5 Å². The van der Waals surface area contributed by atoms with Gasteiger partial charge in [0.1, 0.15) is 0 Å². The second kappa shape index (κ2) is 33.1. The van der Waals surface area contributed by atoms with E-state index in [1.807, 2.05) is 6.92 Å². The van der Waals surface area contributed by atoms with Crippen LogP contribution in [0.2, 0.25) is 0 Å². The summed E-state index contributed by atoms with van der Waals surface area (Å²) in [5, 5.41) is 5.87. The van der Waals surface area contributed by atoms with Gasteiger partial charge in [-0.15, -0.1) is 12.4 Å². The van der Waals surface area contributed by atoms with E-state index in [-0.39, 0.29) is 18.3 Å². The van der Waals surface area contributed by atoms with Gasteiger partial charge in [-0.3, -0.25) is 4.79 Å². The van der Waals surface area contributed by atoms with Crippen molar-refractivity contribution < 1.29 is 14.3 Å². The van der Waals surface area contributed by atoms with Crippen LogP contribution in [0.15, 0.2) is 0 Å². The lowest BCUT2D eigenvalue weighted by Gasteiger charge is -2.30. The molecule has 0 aromatic heterocycles. The Morgan fingerprint density at radius 1 is 0.550 bits per heavy atom. The summed E-state index contributed by atoms with van der Waals surface area (Å²) in [5.41, 5.74) is 0. The molecule has 0 aromatic rings. The van der Waals surface area contributed by atoms with Crippen molar-refractivity contribution in [2.24, 2.45) is 0 Å². The number of nitrogens with one attached hydrogen (secondary N) is 2. The number of hydrogen-bond donors (Lipinski definition) is 2. The molecule has 0 fully saturated rings. The van der Waals surface area contributed by atoms with Crippen LogP contribution in [0.1, 0.15) is 175 Å². The molecule has 0 saturated carbocycles. The predicted molar refractivity (Wildman–Crippen MR) is 177 cm³/mol. The minimum absolute atomic E-state index is 0. The molecule has 0 aliphatic rings. The smallest absolute Gasteiger partial charge is 0.234 e. The lowest BCUT2D eigenvalue weighted by atomic mass is 10.1. The molecular weight excluding hydrogens is 520 g/mol. The second-order valence-electron chi connectivity index (χ2n) is 11.9. The molecule has 0 spiro atoms. The quantitative estimate of drug-likeness (QED) is 0.0604. The Balaban J connectivity index is 0. The van der Waals surface area contributed by atoms with Crippen molar-refractivity contribution in [1.82, 2.24) is 10.6 Å². The molecule has 0 saturated heterocycles. The summed E-state index contributed by atoms with van der Waals surface area (Å²) < 4.78 is 12.4. The van der Waals surface area contributed by atoms with Gasteiger partial charge in [-0.2, -0.15) is 0 Å². The zero-order valence-corrected chi connectivity index (χ0v) is 28.2. The van der Waals surface area contributed by atoms with Crippen LogP contribution in [0, 0.1) is 0 Å². The van der Waals surface area contributed by atoms with E-state index in [9.17, 15) is 4.79 Å². The van der Waals surface area contributed by atoms with Gasteiger partial charge in [0.2, 0.25) is 5.91 Å². The van der Waals surface area contributed by atoms with Crippen LogP contribution >= 0.6 is 12.4 Å². The fourth-order valence-corrected chi connectivity index (χ4v) is 5.09. The van der Waals surface area contributed by atoms with Gasteiger partial charge in [0.05, 0.1) is 26.3 Å². The van der Waals surface area contributed by atoms with E-state index >= 15 is 0 Å². The first-order valence-corrected chi connectivity index (χ1v) is 17.3. The molecule has 242 valence electrons. The number of carbonyl (C=O) groups is 1. The van der Waals surface area contributed by atoms with Gasteiger partial charge >= 0.3 is 0 Å². The Morgan fingerprint density at radius 3 is 1.15 bits per heavy atom. The summed E-state index contributed by atoms with van der Waals surface area (Å²) in [5.74, 6) is -0.773. The zero-order valence-electron chi connectivity index (χ0n) is 27.4. The fourth-order valence-electron chi connectivity index (χ4n) is 5.09. The first-order chi connectivity index (χ1) is 19.1. The first-order valence-electron chi connectivity index (χ1n) is 17.3. The first kappa shape index (κ1) is 41.8. The molecule has 0 aliphatic heterocycles. The average molecular weight is 591 g/mol. The van der Waals surface area contributed by atoms with E-state index in [4.69, 9.17) is 9.47 Å². The van der Waals surface area contributed by atoms with Crippen LogP contribution in [0.25, 0.3) is 0 Å². The third kappa shape index (κ3) is 30.6. The van der Waals surface area contributed by atoms with E-state index in [1.54, 1.807) is 7.05 Å². The number of rotatable bonds is 32. The lowest BCUT2D eigenvalue weighted by Crippen LogP contribution is -2.47. The number of carbonyl (C=O) groups excluding carboxylic acids is 1. The van der Waals surface area contributed by atoms with Gasteiger partial charge in [-0.1, -0.05) is 155 Å². The molecule has 6 heteroatoms. The minimum atomic E-state index is -0.751. The van der Waals surface area contributed by atoms with Crippen molar-refractivity contribution >= 4 is 18.3 Å². The summed E-state index contributed by atoms with van der Waals surface area (Å²) in [6.45, 7) is 8.62. The summed E-state index contributed by atoms with van der Waals surface area (Å²) in [7, 11) is 1.78. The number of ether oxygens (including phenoxy) is 2. The monoisotopic (exact) mass is 591 g/mol. The van der Waals surface area contributed by atoms with Crippen molar-refractivity contribution in [3.8, 4) is 0 Å². The zero-order chi connectivity index (χ0) is 28.7. The summed E-state index contributed by atoms with van der Waals surface area (Å²) >= 11 is 0. The number of unbranched alkanes of at least 4 members (excludes halogenated alkanes) is 22. The molecule has 0 radical (unpaired) electrons. The highest BCUT2D eigenvalue weighted by molar-refractivity contribution is 5.85. The van der Waals surface area contributed by atoms with Crippen LogP contribution in [0.3, 0.4) is 0 Å². The lowest BCUT2D eigenvalue weighted by molar-refractivity contribution is -0.223. The molecule has 2 N–H and O–H groups in total. The number of likely N-dealkylation sites (N-methyl/N-ethyl adjacent to an activating group) is 1. The molecule has 0 unspecified atom stereocenters. The van der Waals surface area contributed by atoms with Gasteiger partial charge in [0, 0.05) is 0 Å². The third-order valence-electron chi connectivity index (χ3n) is 7.75. The van der Waals surface area contributed by atoms with E-state index in [0.29, 0.717) is 26.3 Å². The number of hydrogen-bond acceptors (Lipinski definition) is 4. The molecule has 1 amide bonds. The maximum atomic E-state index is 12.0. The van der Waals surface area contributed by atoms with Crippen molar-refractivity contribution in [3.05, 3.63) is 0 Å². The summed E-state index contributed by atoms with van der Waals surface area (Å²) in [6, 6.07) is 0. The van der Waals surface area contributed by atoms with Gasteiger partial charge in [0.25, 0.3) is 0 Å². The molecule has 0 aliphatic carbocycles. The highest BCUT2D eigenvalue weighted by atomic mass is 35.5. The van der Waals surface area contributed by atoms with Gasteiger partial charge < -0.3 is 20.1 Å². The van der Waals surface area contributed by atoms with E-state index in [1.165, 1.54) is 141 Å². The highest BCUT2D eigenvalue weighted by Gasteiger charge is 2.26. The van der Waals surface area contributed by atoms with Crippen molar-refractivity contribution in [2.75, 3.05) is 33.4 Å². The SMILES string of the molecule is CCCCCCCCCCCCCCOC(C)(CNC(=O)CNC)OCCCCCCCCCCCCCC.Cl. The van der Waals surface area contributed by atoms with Gasteiger partial charge in [-0.05, 0) is 26.8 Å². The standard InChI is InChI=1S/C34H70N2O3.ClH/c1-5-7-9-11-13-15-17-19-21-23-25-27-29-38-34(3,32-36-33(37)31-35-4)39-30-28-26-24-22-20-18-16-14-12-10-8-6-2;/h35H,5-32H2,1-4H3,(H,36,37);1H. The maximum absolute atomic E-state index is 12.0. The Labute approximate surface area is 256 Å².